The van der Waals surface area contributed by atoms with E-state index in [4.69, 9.17) is 9.97 Å². The first-order valence-electron chi connectivity index (χ1n) is 39.7. The van der Waals surface area contributed by atoms with Gasteiger partial charge in [0.15, 0.2) is 0 Å². The van der Waals surface area contributed by atoms with Crippen LogP contribution < -0.4 is 16.4 Å². The number of aromatic nitrogens is 7. The van der Waals surface area contributed by atoms with E-state index in [1.54, 1.807) is 18.2 Å². The van der Waals surface area contributed by atoms with Crippen molar-refractivity contribution in [1.29, 1.82) is 0 Å². The molecule has 16 heteroatoms. The Morgan fingerprint density at radius 2 is 0.450 bits per heavy atom. The fourth-order valence-corrected chi connectivity index (χ4v) is 16.7. The van der Waals surface area contributed by atoms with Gasteiger partial charge in [0.05, 0.1) is 67.3 Å². The van der Waals surface area contributed by atoms with Crippen molar-refractivity contribution in [2.75, 3.05) is 0 Å². The van der Waals surface area contributed by atoms with Crippen molar-refractivity contribution >= 4 is 103 Å². The molecule has 0 fully saturated rings. The molecular weight excluding hydrogens is 1480 g/mol. The lowest BCUT2D eigenvalue weighted by molar-refractivity contribution is 0.425. The predicted octanol–water partition coefficient (Wildman–Crippen LogP) is 20.0. The zero-order chi connectivity index (χ0) is 81.2. The Balaban J connectivity index is 0.000000119. The minimum absolute atomic E-state index is 0.492. The number of para-hydroxylation sites is 3. The topological polar surface area (TPSA) is 188 Å². The summed E-state index contributed by atoms with van der Waals surface area (Å²) in [6, 6.07) is 135. The van der Waals surface area contributed by atoms with Gasteiger partial charge in [-0.25, -0.2) is 9.97 Å². The smallest absolute Gasteiger partial charge is 0.423 e. The molecule has 6 N–H and O–H groups in total. The van der Waals surface area contributed by atoms with Gasteiger partial charge in [-0.1, -0.05) is 261 Å². The molecule has 14 aromatic carbocycles. The first-order valence-corrected chi connectivity index (χ1v) is 39.7. The van der Waals surface area contributed by atoms with Gasteiger partial charge in [0.1, 0.15) is 0 Å². The van der Waals surface area contributed by atoms with Gasteiger partial charge in [0.25, 0.3) is 0 Å². The fourth-order valence-electron chi connectivity index (χ4n) is 16.7. The van der Waals surface area contributed by atoms with Gasteiger partial charge in [-0.15, -0.1) is 0 Å². The van der Waals surface area contributed by atoms with Gasteiger partial charge >= 0.3 is 21.4 Å². The van der Waals surface area contributed by atoms with E-state index in [1.165, 1.54) is 0 Å². The maximum Gasteiger partial charge on any atom is 0.489 e. The van der Waals surface area contributed by atoms with E-state index in [-0.39, 0.29) is 0 Å². The molecule has 0 bridgehead atoms. The Hall–Kier alpha value is -15.0. The third kappa shape index (κ3) is 14.7. The maximum atomic E-state index is 10.1. The largest absolute Gasteiger partial charge is 0.489 e. The highest BCUT2D eigenvalue weighted by atomic mass is 16.4. The van der Waals surface area contributed by atoms with E-state index in [0.717, 1.165) is 183 Å². The first-order chi connectivity index (χ1) is 59.0. The lowest BCUT2D eigenvalue weighted by Gasteiger charge is -2.13. The van der Waals surface area contributed by atoms with Crippen LogP contribution in [-0.2, 0) is 0 Å². The Kier molecular flexibility index (Phi) is 20.6. The quantitative estimate of drug-likeness (QED) is 0.0539. The summed E-state index contributed by atoms with van der Waals surface area (Å²) in [6.07, 6.45) is 3.62. The number of pyridine rings is 4. The van der Waals surface area contributed by atoms with Crippen LogP contribution in [0.2, 0.25) is 0 Å². The maximum absolute atomic E-state index is 10.1. The molecule has 0 saturated heterocycles. The van der Waals surface area contributed by atoms with Crippen molar-refractivity contribution in [3.8, 4) is 118 Å². The molecule has 570 valence electrons. The van der Waals surface area contributed by atoms with Gasteiger partial charge in [-0.05, 0) is 189 Å². The van der Waals surface area contributed by atoms with Crippen LogP contribution in [-0.4, -0.2) is 85.1 Å². The Bertz CT molecular complexity index is 6470. The van der Waals surface area contributed by atoms with E-state index >= 15 is 0 Å². The minimum atomic E-state index is -1.56. The van der Waals surface area contributed by atoms with Crippen LogP contribution in [0.5, 0.6) is 0 Å². The van der Waals surface area contributed by atoms with Crippen LogP contribution in [0, 0.1) is 0 Å². The monoisotopic (exact) mass is 1550 g/mol. The summed E-state index contributed by atoms with van der Waals surface area (Å²) in [7, 11) is -4.68. The molecular formula is C104H74B3N7O6. The first kappa shape index (κ1) is 75.1. The highest BCUT2D eigenvalue weighted by Crippen LogP contribution is 2.41. The van der Waals surface area contributed by atoms with E-state index in [1.807, 2.05) is 200 Å². The number of nitrogens with zero attached hydrogens (tertiary/aromatic N) is 7. The number of fused-ring (bicyclic) bond motifs is 9. The lowest BCUT2D eigenvalue weighted by Crippen LogP contribution is -2.30. The van der Waals surface area contributed by atoms with E-state index in [2.05, 4.69) is 218 Å². The standard InChI is InChI=1S/2C35H25BN2O2.C34H24BN3O2/c39-36(40)30-18-10-20-34-35(30)29-17-7-8-19-33(29)38(34)28-16-9-15-26(21-28)27-22-31(24-11-3-1-4-12-24)37-32(23-27)25-13-5-2-6-14-25;39-36(40)30-18-10-20-34-35(30)29-17-7-8-19-33(29)38(34)28-16-9-15-26(21-28)32-23-27(24-11-3-1-4-12-24)22-31(37-32)25-13-5-2-6-14-25;39-35(40)29-12-8-16-33-34(29)28-11-1-2-15-32(28)38(33)27-10-7-9-23(22-27)24-19-25(30-13-3-5-17-36-30)21-26(20-24)31-14-4-6-18-37-31/h2*1-23,39-40H;1-22,39-40H. The summed E-state index contributed by atoms with van der Waals surface area (Å²) in [6.45, 7) is 0. The van der Waals surface area contributed by atoms with Crippen LogP contribution in [0.1, 0.15) is 0 Å². The molecule has 7 heterocycles. The number of hydrogen-bond acceptors (Lipinski definition) is 10. The van der Waals surface area contributed by atoms with Crippen molar-refractivity contribution in [3.63, 3.8) is 0 Å². The molecule has 0 amide bonds. The third-order valence-corrected chi connectivity index (χ3v) is 22.1. The molecule has 21 rings (SSSR count). The molecule has 7 aromatic heterocycles. The molecule has 0 aliphatic heterocycles. The van der Waals surface area contributed by atoms with E-state index < -0.39 is 21.4 Å². The van der Waals surface area contributed by atoms with Gasteiger partial charge in [-0.3, -0.25) is 9.97 Å². The number of rotatable bonds is 15. The Morgan fingerprint density at radius 3 is 0.800 bits per heavy atom. The van der Waals surface area contributed by atoms with Crippen LogP contribution >= 0.6 is 0 Å². The van der Waals surface area contributed by atoms with Gasteiger partial charge in [0, 0.05) is 95.2 Å². The average Bonchev–Trinajstić information content (AvgIpc) is 1.59. The molecule has 21 aromatic rings. The predicted molar refractivity (Wildman–Crippen MR) is 492 cm³/mol. The SMILES string of the molecule is OB(O)c1cccc2c1c1ccccc1n2-c1cccc(-c2cc(-c3ccccc3)cc(-c3ccccc3)n2)c1.OB(O)c1cccc2c1c1ccccc1n2-c1cccc(-c2cc(-c3ccccc3)nc(-c3ccccc3)c2)c1.OB(O)c1cccc2c1c1ccccc1n2-c1cccc(-c2cc(-c3ccccn3)cc(-c3ccccn3)c2)c1. The van der Waals surface area contributed by atoms with Crippen molar-refractivity contribution < 1.29 is 30.1 Å². The van der Waals surface area contributed by atoms with Crippen LogP contribution in [0.4, 0.5) is 0 Å². The zero-order valence-corrected chi connectivity index (χ0v) is 64.8. The van der Waals surface area contributed by atoms with Crippen molar-refractivity contribution in [2.24, 2.45) is 0 Å². The molecule has 13 nitrogen and oxygen atoms in total. The van der Waals surface area contributed by atoms with Crippen LogP contribution in [0.3, 0.4) is 0 Å². The normalized spacial score (nSPS) is 11.2. The summed E-state index contributed by atoms with van der Waals surface area (Å²) in [5.74, 6) is 0. The molecule has 0 atom stereocenters. The second-order valence-corrected chi connectivity index (χ2v) is 29.5. The second kappa shape index (κ2) is 33.0. The van der Waals surface area contributed by atoms with E-state index in [9.17, 15) is 30.1 Å². The molecule has 0 aliphatic carbocycles. The Labute approximate surface area is 693 Å². The van der Waals surface area contributed by atoms with Crippen molar-refractivity contribution in [1.82, 2.24) is 33.6 Å². The molecule has 0 unspecified atom stereocenters. The summed E-state index contributed by atoms with van der Waals surface area (Å²) >= 11 is 0. The van der Waals surface area contributed by atoms with Gasteiger partial charge in [-0.2, -0.15) is 0 Å². The highest BCUT2D eigenvalue weighted by Gasteiger charge is 2.26. The molecule has 0 spiro atoms. The Morgan fingerprint density at radius 1 is 0.183 bits per heavy atom. The molecule has 0 saturated carbocycles. The van der Waals surface area contributed by atoms with Gasteiger partial charge < -0.3 is 43.8 Å². The lowest BCUT2D eigenvalue weighted by atomic mass is 9.77. The fraction of sp³-hybridized carbons (Fsp3) is 0. The van der Waals surface area contributed by atoms with Crippen molar-refractivity contribution in [3.05, 3.63) is 413 Å². The van der Waals surface area contributed by atoms with Crippen LogP contribution in [0.25, 0.3) is 183 Å². The third-order valence-electron chi connectivity index (χ3n) is 22.1. The number of hydrogen-bond donors (Lipinski definition) is 6. The molecule has 0 radical (unpaired) electrons. The summed E-state index contributed by atoms with van der Waals surface area (Å²) in [5, 5.41) is 66.2. The second-order valence-electron chi connectivity index (χ2n) is 29.5. The summed E-state index contributed by atoms with van der Waals surface area (Å²) in [4.78, 5) is 19.3. The van der Waals surface area contributed by atoms with Gasteiger partial charge in [0.2, 0.25) is 0 Å². The molecule has 120 heavy (non-hydrogen) atoms. The van der Waals surface area contributed by atoms with Crippen molar-refractivity contribution in [2.45, 2.75) is 0 Å². The van der Waals surface area contributed by atoms with Crippen LogP contribution in [0.15, 0.2) is 413 Å². The highest BCUT2D eigenvalue weighted by molar-refractivity contribution is 6.64. The zero-order valence-electron chi connectivity index (χ0n) is 64.8. The molecule has 0 aliphatic rings. The number of benzene rings is 14. The summed E-state index contributed by atoms with van der Waals surface area (Å²) in [5.41, 5.74) is 28.3. The minimum Gasteiger partial charge on any atom is -0.423 e. The van der Waals surface area contributed by atoms with E-state index in [0.29, 0.717) is 16.4 Å². The summed E-state index contributed by atoms with van der Waals surface area (Å²) < 4.78 is 6.55. The average molecular weight is 1550 g/mol.